The second-order valence-corrected chi connectivity index (χ2v) is 6.69. The van der Waals surface area contributed by atoms with E-state index in [-0.39, 0.29) is 5.78 Å². The number of halogens is 1. The molecule has 1 amide bonds. The summed E-state index contributed by atoms with van der Waals surface area (Å²) < 4.78 is 5.48. The van der Waals surface area contributed by atoms with Gasteiger partial charge in [-0.3, -0.25) is 9.59 Å². The monoisotopic (exact) mass is 411 g/mol. The molecule has 1 aliphatic rings. The quantitative estimate of drug-likeness (QED) is 0.447. The lowest BCUT2D eigenvalue weighted by Crippen LogP contribution is -2.44. The first-order chi connectivity index (χ1) is 13.1. The minimum atomic E-state index is -1.39. The number of aliphatic hydroxyl groups is 1. The first-order valence-electron chi connectivity index (χ1n) is 8.97. The molecule has 1 saturated carbocycles. The summed E-state index contributed by atoms with van der Waals surface area (Å²) in [6.07, 6.45) is 0.310. The highest BCUT2D eigenvalue weighted by Gasteiger charge is 2.48. The molecule has 0 bridgehead atoms. The molecule has 2 rings (SSSR count). The van der Waals surface area contributed by atoms with E-state index in [2.05, 4.69) is 11.9 Å². The standard InChI is InChI=1S/C18H20ClNO6.C2H6/c1-8(2)26-15-5-10(4-13(19)9(15)3)16(22)11-6-12(11)17(23)20-14(7-21)18(24)25;1-2/h4-5,11-12,14,21H,1,6-7H2,2-3H3,(H,20,23)(H,24,25);1-2H3/t11?,12?,14-;/m0./s1. The van der Waals surface area contributed by atoms with Crippen LogP contribution in [0.25, 0.3) is 0 Å². The zero-order valence-electron chi connectivity index (χ0n) is 16.4. The van der Waals surface area contributed by atoms with Crippen molar-refractivity contribution in [3.63, 3.8) is 0 Å². The maximum atomic E-state index is 12.6. The van der Waals surface area contributed by atoms with Crippen LogP contribution in [0.3, 0.4) is 0 Å². The fourth-order valence-corrected chi connectivity index (χ4v) is 2.75. The number of amides is 1. The third-order valence-electron chi connectivity index (χ3n) is 4.13. The zero-order valence-corrected chi connectivity index (χ0v) is 17.2. The van der Waals surface area contributed by atoms with Crippen molar-refractivity contribution in [2.24, 2.45) is 11.8 Å². The Hall–Kier alpha value is -2.38. The van der Waals surface area contributed by atoms with Gasteiger partial charge in [-0.1, -0.05) is 32.0 Å². The van der Waals surface area contributed by atoms with E-state index in [4.69, 9.17) is 26.6 Å². The van der Waals surface area contributed by atoms with Crippen molar-refractivity contribution < 1.29 is 29.3 Å². The predicted molar refractivity (Wildman–Crippen MR) is 106 cm³/mol. The molecule has 8 heteroatoms. The van der Waals surface area contributed by atoms with E-state index >= 15 is 0 Å². The van der Waals surface area contributed by atoms with Crippen LogP contribution >= 0.6 is 11.6 Å². The summed E-state index contributed by atoms with van der Waals surface area (Å²) in [5, 5.41) is 20.4. The molecule has 1 aromatic rings. The van der Waals surface area contributed by atoms with Crippen LogP contribution in [-0.2, 0) is 9.59 Å². The summed E-state index contributed by atoms with van der Waals surface area (Å²) in [7, 11) is 0. The number of benzene rings is 1. The Kier molecular flexibility index (Phi) is 8.65. The number of aliphatic carboxylic acids is 1. The largest absolute Gasteiger partial charge is 0.480 e. The number of nitrogens with one attached hydrogen (secondary N) is 1. The molecule has 0 heterocycles. The predicted octanol–water partition coefficient (Wildman–Crippen LogP) is 2.97. The van der Waals surface area contributed by atoms with Crippen molar-refractivity contribution in [2.75, 3.05) is 6.61 Å². The molecule has 2 unspecified atom stereocenters. The number of carboxylic acids is 1. The van der Waals surface area contributed by atoms with Crippen LogP contribution in [0.4, 0.5) is 0 Å². The second kappa shape index (κ2) is 10.2. The van der Waals surface area contributed by atoms with Gasteiger partial charge in [0.05, 0.1) is 12.4 Å². The normalized spacial score (nSPS) is 18.2. The van der Waals surface area contributed by atoms with E-state index in [9.17, 15) is 14.4 Å². The number of hydrogen-bond donors (Lipinski definition) is 3. The molecule has 0 aliphatic heterocycles. The maximum Gasteiger partial charge on any atom is 0.328 e. The van der Waals surface area contributed by atoms with E-state index < -0.39 is 36.4 Å². The number of rotatable bonds is 8. The maximum absolute atomic E-state index is 12.6. The number of ketones is 1. The Morgan fingerprint density at radius 3 is 2.43 bits per heavy atom. The van der Waals surface area contributed by atoms with Crippen molar-refractivity contribution in [3.05, 3.63) is 40.6 Å². The number of carboxylic acid groups (broad SMARTS) is 1. The molecule has 7 nitrogen and oxygen atoms in total. The van der Waals surface area contributed by atoms with Crippen molar-refractivity contribution >= 4 is 29.3 Å². The van der Waals surface area contributed by atoms with E-state index in [1.807, 2.05) is 13.8 Å². The molecule has 1 aliphatic carbocycles. The minimum Gasteiger partial charge on any atom is -0.480 e. The van der Waals surface area contributed by atoms with Crippen molar-refractivity contribution in [1.82, 2.24) is 5.32 Å². The number of Topliss-reactive ketones (excluding diaryl/α,β-unsaturated/α-hetero) is 1. The topological polar surface area (TPSA) is 113 Å². The van der Waals surface area contributed by atoms with Gasteiger partial charge in [-0.05, 0) is 32.4 Å². The van der Waals surface area contributed by atoms with E-state index in [0.717, 1.165) is 0 Å². The van der Waals surface area contributed by atoms with Gasteiger partial charge in [-0.15, -0.1) is 0 Å². The number of ether oxygens (including phenoxy) is 1. The summed E-state index contributed by atoms with van der Waals surface area (Å²) in [5.74, 6) is -2.49. The van der Waals surface area contributed by atoms with Crippen LogP contribution in [0.5, 0.6) is 5.75 Å². The van der Waals surface area contributed by atoms with E-state index in [0.29, 0.717) is 34.1 Å². The summed E-state index contributed by atoms with van der Waals surface area (Å²) >= 11 is 6.16. The van der Waals surface area contributed by atoms with E-state index in [1.165, 1.54) is 6.07 Å². The average molecular weight is 412 g/mol. The lowest BCUT2D eigenvalue weighted by atomic mass is 10.0. The molecule has 0 spiro atoms. The van der Waals surface area contributed by atoms with Gasteiger partial charge < -0.3 is 20.3 Å². The second-order valence-electron chi connectivity index (χ2n) is 6.28. The Bertz CT molecular complexity index is 776. The number of aliphatic hydroxyl groups excluding tert-OH is 1. The van der Waals surface area contributed by atoms with Crippen LogP contribution in [0, 0.1) is 18.8 Å². The Balaban J connectivity index is 0.00000190. The van der Waals surface area contributed by atoms with Crippen molar-refractivity contribution in [3.8, 4) is 5.75 Å². The smallest absolute Gasteiger partial charge is 0.328 e. The highest BCUT2D eigenvalue weighted by Crippen LogP contribution is 2.42. The van der Waals surface area contributed by atoms with Crippen LogP contribution in [0.2, 0.25) is 5.02 Å². The zero-order chi connectivity index (χ0) is 21.6. The Labute approximate surface area is 169 Å². The highest BCUT2D eigenvalue weighted by atomic mass is 35.5. The third kappa shape index (κ3) is 5.81. The molecule has 0 saturated heterocycles. The summed E-state index contributed by atoms with van der Waals surface area (Å²) in [6.45, 7) is 10.4. The lowest BCUT2D eigenvalue weighted by molar-refractivity contribution is -0.143. The van der Waals surface area contributed by atoms with Gasteiger partial charge >= 0.3 is 5.97 Å². The van der Waals surface area contributed by atoms with Gasteiger partial charge in [0.15, 0.2) is 5.78 Å². The van der Waals surface area contributed by atoms with Crippen molar-refractivity contribution in [2.45, 2.75) is 40.2 Å². The summed E-state index contributed by atoms with van der Waals surface area (Å²) in [5.41, 5.74) is 0.984. The molecule has 0 aromatic heterocycles. The van der Waals surface area contributed by atoms with Crippen molar-refractivity contribution in [1.29, 1.82) is 0 Å². The molecule has 28 heavy (non-hydrogen) atoms. The summed E-state index contributed by atoms with van der Waals surface area (Å²) in [4.78, 5) is 35.6. The van der Waals surface area contributed by atoms with Crippen LogP contribution in [-0.4, -0.2) is 40.5 Å². The molecular weight excluding hydrogens is 386 g/mol. The van der Waals surface area contributed by atoms with Gasteiger partial charge in [0.2, 0.25) is 5.91 Å². The van der Waals surface area contributed by atoms with Gasteiger partial charge in [0.1, 0.15) is 11.8 Å². The number of hydrogen-bond acceptors (Lipinski definition) is 5. The fraction of sp³-hybridized carbons (Fsp3) is 0.450. The molecule has 0 radical (unpaired) electrons. The van der Waals surface area contributed by atoms with Gasteiger partial charge in [0, 0.05) is 28.0 Å². The Morgan fingerprint density at radius 1 is 1.32 bits per heavy atom. The molecule has 3 N–H and O–H groups in total. The Morgan fingerprint density at radius 2 is 1.93 bits per heavy atom. The first-order valence-corrected chi connectivity index (χ1v) is 9.35. The minimum absolute atomic E-state index is 0.269. The lowest BCUT2D eigenvalue weighted by Gasteiger charge is -2.12. The molecular formula is C20H26ClNO6. The fourth-order valence-electron chi connectivity index (χ4n) is 2.54. The average Bonchev–Trinajstić information content (AvgIpc) is 3.44. The van der Waals surface area contributed by atoms with Crippen LogP contribution < -0.4 is 10.1 Å². The number of carbonyl (C=O) groups excluding carboxylic acids is 2. The number of allylic oxidation sites excluding steroid dienone is 1. The van der Waals surface area contributed by atoms with Crippen LogP contribution in [0.1, 0.15) is 43.1 Å². The van der Waals surface area contributed by atoms with Gasteiger partial charge in [-0.25, -0.2) is 4.79 Å². The molecule has 3 atom stereocenters. The third-order valence-corrected chi connectivity index (χ3v) is 4.52. The first kappa shape index (κ1) is 23.7. The van der Waals surface area contributed by atoms with Gasteiger partial charge in [0.25, 0.3) is 0 Å². The van der Waals surface area contributed by atoms with E-state index in [1.54, 1.807) is 19.9 Å². The number of carbonyl (C=O) groups is 3. The van der Waals surface area contributed by atoms with Gasteiger partial charge in [-0.2, -0.15) is 0 Å². The SMILES string of the molecule is C=C(C)Oc1cc(C(=O)C2CC2C(=O)N[C@@H](CO)C(=O)O)cc(Cl)c1C.CC. The molecule has 1 aromatic carbocycles. The molecule has 1 fully saturated rings. The van der Waals surface area contributed by atoms with Crippen LogP contribution in [0.15, 0.2) is 24.5 Å². The summed E-state index contributed by atoms with van der Waals surface area (Å²) in [6, 6.07) is 1.69. The highest BCUT2D eigenvalue weighted by molar-refractivity contribution is 6.32. The molecule has 154 valence electrons.